The maximum absolute atomic E-state index is 12.8. The van der Waals surface area contributed by atoms with Gasteiger partial charge in [-0.2, -0.15) is 11.8 Å². The Labute approximate surface area is 126 Å². The number of nitrogens with one attached hydrogen (secondary N) is 1. The van der Waals surface area contributed by atoms with Crippen molar-refractivity contribution >= 4 is 23.6 Å². The Balaban J connectivity index is 2.21. The summed E-state index contributed by atoms with van der Waals surface area (Å²) in [6.07, 6.45) is 6.79. The molecule has 0 bridgehead atoms. The number of carbonyl (C=O) groups excluding carboxylic acids is 2. The van der Waals surface area contributed by atoms with Crippen LogP contribution in [0, 0.1) is 5.92 Å². The SMILES string of the molecule is CSCCCN1C(=O)C(C(C)C)NC(=O)C12CCCC2. The first kappa shape index (κ1) is 15.7. The molecule has 4 nitrogen and oxygen atoms in total. The molecular weight excluding hydrogens is 272 g/mol. The van der Waals surface area contributed by atoms with Gasteiger partial charge in [-0.05, 0) is 37.2 Å². The van der Waals surface area contributed by atoms with Crippen LogP contribution >= 0.6 is 11.8 Å². The zero-order chi connectivity index (χ0) is 14.8. The number of piperazine rings is 1. The van der Waals surface area contributed by atoms with Gasteiger partial charge in [-0.25, -0.2) is 0 Å². The van der Waals surface area contributed by atoms with Crippen molar-refractivity contribution in [2.45, 2.75) is 57.5 Å². The van der Waals surface area contributed by atoms with Gasteiger partial charge in [-0.3, -0.25) is 9.59 Å². The molecule has 2 aliphatic rings. The fourth-order valence-corrected chi connectivity index (χ4v) is 3.86. The molecule has 2 amide bonds. The molecule has 2 fully saturated rings. The van der Waals surface area contributed by atoms with Crippen LogP contribution in [0.4, 0.5) is 0 Å². The van der Waals surface area contributed by atoms with Crippen LogP contribution in [0.3, 0.4) is 0 Å². The van der Waals surface area contributed by atoms with E-state index in [1.54, 1.807) is 11.8 Å². The number of hydrogen-bond acceptors (Lipinski definition) is 3. The van der Waals surface area contributed by atoms with Gasteiger partial charge in [0.05, 0.1) is 0 Å². The second-order valence-corrected chi connectivity index (χ2v) is 7.26. The van der Waals surface area contributed by atoms with Gasteiger partial charge in [0.1, 0.15) is 11.6 Å². The smallest absolute Gasteiger partial charge is 0.246 e. The van der Waals surface area contributed by atoms with Gasteiger partial charge in [0.15, 0.2) is 0 Å². The molecule has 1 heterocycles. The van der Waals surface area contributed by atoms with Crippen molar-refractivity contribution in [2.24, 2.45) is 5.92 Å². The topological polar surface area (TPSA) is 49.4 Å². The van der Waals surface area contributed by atoms with Crippen molar-refractivity contribution in [3.8, 4) is 0 Å². The quantitative estimate of drug-likeness (QED) is 0.790. The van der Waals surface area contributed by atoms with E-state index in [1.807, 2.05) is 18.7 Å². The van der Waals surface area contributed by atoms with E-state index in [0.717, 1.165) is 44.4 Å². The molecule has 114 valence electrons. The number of carbonyl (C=O) groups is 2. The summed E-state index contributed by atoms with van der Waals surface area (Å²) < 4.78 is 0. The van der Waals surface area contributed by atoms with Crippen molar-refractivity contribution in [3.05, 3.63) is 0 Å². The monoisotopic (exact) mass is 298 g/mol. The van der Waals surface area contributed by atoms with Crippen LogP contribution in [-0.2, 0) is 9.59 Å². The fraction of sp³-hybridized carbons (Fsp3) is 0.867. The molecule has 2 rings (SSSR count). The van der Waals surface area contributed by atoms with Crippen LogP contribution < -0.4 is 5.32 Å². The van der Waals surface area contributed by atoms with E-state index >= 15 is 0 Å². The van der Waals surface area contributed by atoms with Crippen molar-refractivity contribution in [1.29, 1.82) is 0 Å². The molecule has 1 atom stereocenters. The minimum atomic E-state index is -0.541. The highest BCUT2D eigenvalue weighted by Gasteiger charge is 2.53. The van der Waals surface area contributed by atoms with Gasteiger partial charge in [0, 0.05) is 6.54 Å². The minimum Gasteiger partial charge on any atom is -0.342 e. The van der Waals surface area contributed by atoms with Gasteiger partial charge in [0.2, 0.25) is 11.8 Å². The Hall–Kier alpha value is -0.710. The highest BCUT2D eigenvalue weighted by molar-refractivity contribution is 7.98. The van der Waals surface area contributed by atoms with Gasteiger partial charge >= 0.3 is 0 Å². The van der Waals surface area contributed by atoms with Gasteiger partial charge in [0.25, 0.3) is 0 Å². The summed E-state index contributed by atoms with van der Waals surface area (Å²) in [5, 5.41) is 2.98. The molecular formula is C15H26N2O2S. The van der Waals surface area contributed by atoms with Crippen LogP contribution in [-0.4, -0.2) is 46.8 Å². The lowest BCUT2D eigenvalue weighted by Crippen LogP contribution is -2.70. The standard InChI is InChI=1S/C15H26N2O2S/c1-11(2)12-13(18)17(9-6-10-20-3)15(14(19)16-12)7-4-5-8-15/h11-12H,4-10H2,1-3H3,(H,16,19). The molecule has 0 aromatic rings. The summed E-state index contributed by atoms with van der Waals surface area (Å²) in [5.41, 5.74) is -0.541. The molecule has 1 N–H and O–H groups in total. The largest absolute Gasteiger partial charge is 0.342 e. The number of hydrogen-bond donors (Lipinski definition) is 1. The first-order valence-electron chi connectivity index (χ1n) is 7.64. The average molecular weight is 298 g/mol. The normalized spacial score (nSPS) is 25.6. The summed E-state index contributed by atoms with van der Waals surface area (Å²) in [6.45, 7) is 4.71. The summed E-state index contributed by atoms with van der Waals surface area (Å²) >= 11 is 1.79. The summed E-state index contributed by atoms with van der Waals surface area (Å²) in [6, 6.07) is -0.344. The lowest BCUT2D eigenvalue weighted by Gasteiger charge is -2.47. The lowest BCUT2D eigenvalue weighted by molar-refractivity contribution is -0.158. The third kappa shape index (κ3) is 2.69. The van der Waals surface area contributed by atoms with Crippen LogP contribution in [0.15, 0.2) is 0 Å². The Bertz CT molecular complexity index is 378. The van der Waals surface area contributed by atoms with Crippen LogP contribution in [0.1, 0.15) is 46.0 Å². The van der Waals surface area contributed by atoms with E-state index in [2.05, 4.69) is 11.6 Å². The van der Waals surface area contributed by atoms with E-state index in [1.165, 1.54) is 0 Å². The van der Waals surface area contributed by atoms with E-state index < -0.39 is 5.54 Å². The zero-order valence-corrected chi connectivity index (χ0v) is 13.6. The first-order valence-corrected chi connectivity index (χ1v) is 9.03. The lowest BCUT2D eigenvalue weighted by atomic mass is 9.86. The van der Waals surface area contributed by atoms with Crippen molar-refractivity contribution in [1.82, 2.24) is 10.2 Å². The van der Waals surface area contributed by atoms with Crippen LogP contribution in [0.25, 0.3) is 0 Å². The number of amides is 2. The summed E-state index contributed by atoms with van der Waals surface area (Å²) in [5.74, 6) is 1.39. The Kier molecular flexibility index (Phi) is 4.99. The maximum atomic E-state index is 12.8. The fourth-order valence-electron chi connectivity index (χ4n) is 3.44. The van der Waals surface area contributed by atoms with Crippen LogP contribution in [0.2, 0.25) is 0 Å². The Morgan fingerprint density at radius 2 is 2.00 bits per heavy atom. The molecule has 1 spiro atoms. The molecule has 1 unspecified atom stereocenters. The molecule has 0 radical (unpaired) electrons. The van der Waals surface area contributed by atoms with Crippen LogP contribution in [0.5, 0.6) is 0 Å². The van der Waals surface area contributed by atoms with E-state index in [0.29, 0.717) is 0 Å². The van der Waals surface area contributed by atoms with E-state index in [9.17, 15) is 9.59 Å². The summed E-state index contributed by atoms with van der Waals surface area (Å²) in [7, 11) is 0. The number of rotatable bonds is 5. The van der Waals surface area contributed by atoms with Gasteiger partial charge in [-0.1, -0.05) is 26.7 Å². The zero-order valence-electron chi connectivity index (χ0n) is 12.8. The second kappa shape index (κ2) is 6.37. The predicted molar refractivity (Wildman–Crippen MR) is 82.7 cm³/mol. The third-order valence-corrected chi connectivity index (χ3v) is 5.28. The van der Waals surface area contributed by atoms with Gasteiger partial charge < -0.3 is 10.2 Å². The molecule has 1 saturated carbocycles. The third-order valence-electron chi connectivity index (χ3n) is 4.59. The van der Waals surface area contributed by atoms with Crippen molar-refractivity contribution in [2.75, 3.05) is 18.6 Å². The molecule has 1 aliphatic heterocycles. The molecule has 0 aromatic carbocycles. The predicted octanol–water partition coefficient (Wildman–Crippen LogP) is 2.04. The Morgan fingerprint density at radius 1 is 1.35 bits per heavy atom. The van der Waals surface area contributed by atoms with Gasteiger partial charge in [-0.15, -0.1) is 0 Å². The molecule has 1 saturated heterocycles. The number of thioether (sulfide) groups is 1. The maximum Gasteiger partial charge on any atom is 0.246 e. The highest BCUT2D eigenvalue weighted by atomic mass is 32.2. The summed E-state index contributed by atoms with van der Waals surface area (Å²) in [4.78, 5) is 27.3. The van der Waals surface area contributed by atoms with Crippen molar-refractivity contribution < 1.29 is 9.59 Å². The second-order valence-electron chi connectivity index (χ2n) is 6.27. The molecule has 20 heavy (non-hydrogen) atoms. The minimum absolute atomic E-state index is 0.0810. The number of nitrogens with zero attached hydrogens (tertiary/aromatic N) is 1. The molecule has 1 aliphatic carbocycles. The Morgan fingerprint density at radius 3 is 2.55 bits per heavy atom. The molecule has 0 aromatic heterocycles. The average Bonchev–Trinajstić information content (AvgIpc) is 2.88. The van der Waals surface area contributed by atoms with E-state index in [-0.39, 0.29) is 23.8 Å². The van der Waals surface area contributed by atoms with E-state index in [4.69, 9.17) is 0 Å². The highest BCUT2D eigenvalue weighted by Crippen LogP contribution is 2.38. The molecule has 5 heteroatoms. The first-order chi connectivity index (χ1) is 9.53. The van der Waals surface area contributed by atoms with Crippen molar-refractivity contribution in [3.63, 3.8) is 0 Å².